The molecule has 1 aliphatic rings. The predicted octanol–water partition coefficient (Wildman–Crippen LogP) is 3.42. The van der Waals surface area contributed by atoms with E-state index in [0.717, 1.165) is 30.2 Å². The van der Waals surface area contributed by atoms with Crippen molar-refractivity contribution in [1.29, 1.82) is 0 Å². The quantitative estimate of drug-likeness (QED) is 0.760. The van der Waals surface area contributed by atoms with Crippen molar-refractivity contribution in [2.75, 3.05) is 19.8 Å². The molecule has 0 aromatic heterocycles. The Morgan fingerprint density at radius 2 is 1.71 bits per heavy atom. The minimum Gasteiger partial charge on any atom is -0.486 e. The van der Waals surface area contributed by atoms with Crippen LogP contribution in [-0.2, 0) is 17.8 Å². The predicted molar refractivity (Wildman–Crippen MR) is 111 cm³/mol. The van der Waals surface area contributed by atoms with Crippen LogP contribution in [0.2, 0.25) is 0 Å². The zero-order chi connectivity index (χ0) is 19.9. The second kappa shape index (κ2) is 9.60. The number of amides is 1. The molecule has 0 fully saturated rings. The minimum atomic E-state index is 0.0209. The van der Waals surface area contributed by atoms with Crippen LogP contribution >= 0.6 is 0 Å². The summed E-state index contributed by atoms with van der Waals surface area (Å²) in [6.07, 6.45) is 0.335. The van der Waals surface area contributed by atoms with Gasteiger partial charge in [0, 0.05) is 25.2 Å². The summed E-state index contributed by atoms with van der Waals surface area (Å²) < 4.78 is 11.1. The van der Waals surface area contributed by atoms with Gasteiger partial charge in [0.1, 0.15) is 13.2 Å². The molecule has 2 aromatic rings. The van der Waals surface area contributed by atoms with Gasteiger partial charge < -0.3 is 14.8 Å². The van der Waals surface area contributed by atoms with Crippen molar-refractivity contribution >= 4 is 5.91 Å². The van der Waals surface area contributed by atoms with Crippen LogP contribution in [-0.4, -0.2) is 42.6 Å². The van der Waals surface area contributed by atoms with E-state index in [1.165, 1.54) is 5.56 Å². The van der Waals surface area contributed by atoms with E-state index < -0.39 is 0 Å². The molecule has 3 rings (SSSR count). The SMILES string of the molecule is CC(CN(Cc1ccccc1)C(C)C)NC(=O)Cc1ccc2c(c1)OCCO2. The van der Waals surface area contributed by atoms with E-state index in [2.05, 4.69) is 55.3 Å². The molecule has 1 atom stereocenters. The number of carbonyl (C=O) groups excluding carboxylic acids is 1. The number of benzene rings is 2. The Kier molecular flexibility index (Phi) is 6.93. The third-order valence-electron chi connectivity index (χ3n) is 4.85. The summed E-state index contributed by atoms with van der Waals surface area (Å²) in [5, 5.41) is 3.13. The van der Waals surface area contributed by atoms with E-state index >= 15 is 0 Å². The Bertz CT molecular complexity index is 777. The summed E-state index contributed by atoms with van der Waals surface area (Å²) in [6.45, 7) is 9.23. The maximum atomic E-state index is 12.5. The van der Waals surface area contributed by atoms with E-state index in [1.54, 1.807) is 0 Å². The molecule has 0 bridgehead atoms. The molecule has 1 aliphatic heterocycles. The Morgan fingerprint density at radius 1 is 1.00 bits per heavy atom. The van der Waals surface area contributed by atoms with Crippen molar-refractivity contribution in [3.05, 3.63) is 59.7 Å². The van der Waals surface area contributed by atoms with Crippen molar-refractivity contribution in [3.63, 3.8) is 0 Å². The highest BCUT2D eigenvalue weighted by atomic mass is 16.6. The third kappa shape index (κ3) is 5.73. The molecule has 1 heterocycles. The maximum Gasteiger partial charge on any atom is 0.224 e. The lowest BCUT2D eigenvalue weighted by Gasteiger charge is -2.29. The van der Waals surface area contributed by atoms with Gasteiger partial charge in [-0.2, -0.15) is 0 Å². The average Bonchev–Trinajstić information content (AvgIpc) is 2.68. The number of rotatable bonds is 8. The first kappa shape index (κ1) is 20.2. The summed E-state index contributed by atoms with van der Waals surface area (Å²) in [4.78, 5) is 14.9. The first-order valence-corrected chi connectivity index (χ1v) is 9.97. The molecular weight excluding hydrogens is 352 g/mol. The molecule has 150 valence electrons. The van der Waals surface area contributed by atoms with Crippen LogP contribution in [0.4, 0.5) is 0 Å². The van der Waals surface area contributed by atoms with Crippen LogP contribution in [0.15, 0.2) is 48.5 Å². The van der Waals surface area contributed by atoms with Gasteiger partial charge in [0.15, 0.2) is 11.5 Å². The Labute approximate surface area is 167 Å². The second-order valence-electron chi connectivity index (χ2n) is 7.63. The first-order chi connectivity index (χ1) is 13.5. The monoisotopic (exact) mass is 382 g/mol. The van der Waals surface area contributed by atoms with Crippen molar-refractivity contribution < 1.29 is 14.3 Å². The first-order valence-electron chi connectivity index (χ1n) is 9.97. The zero-order valence-electron chi connectivity index (χ0n) is 17.0. The van der Waals surface area contributed by atoms with E-state index in [4.69, 9.17) is 9.47 Å². The lowest BCUT2D eigenvalue weighted by Crippen LogP contribution is -2.44. The third-order valence-corrected chi connectivity index (χ3v) is 4.85. The highest BCUT2D eigenvalue weighted by Gasteiger charge is 2.17. The van der Waals surface area contributed by atoms with Gasteiger partial charge in [0.25, 0.3) is 0 Å². The van der Waals surface area contributed by atoms with Gasteiger partial charge in [0.05, 0.1) is 6.42 Å². The highest BCUT2D eigenvalue weighted by molar-refractivity contribution is 5.79. The topological polar surface area (TPSA) is 50.8 Å². The molecule has 0 radical (unpaired) electrons. The number of hydrogen-bond acceptors (Lipinski definition) is 4. The van der Waals surface area contributed by atoms with Crippen LogP contribution in [0.1, 0.15) is 31.9 Å². The van der Waals surface area contributed by atoms with Crippen molar-refractivity contribution in [1.82, 2.24) is 10.2 Å². The Morgan fingerprint density at radius 3 is 2.43 bits per heavy atom. The van der Waals surface area contributed by atoms with E-state index in [9.17, 15) is 4.79 Å². The summed E-state index contributed by atoms with van der Waals surface area (Å²) >= 11 is 0. The number of hydrogen-bond donors (Lipinski definition) is 1. The van der Waals surface area contributed by atoms with Gasteiger partial charge in [-0.25, -0.2) is 0 Å². The standard InChI is InChI=1S/C23H30N2O3/c1-17(2)25(16-19-7-5-4-6-8-19)15-18(3)24-23(26)14-20-9-10-21-22(13-20)28-12-11-27-21/h4-10,13,17-18H,11-12,14-16H2,1-3H3,(H,24,26). The molecule has 0 saturated carbocycles. The van der Waals surface area contributed by atoms with Gasteiger partial charge in [-0.3, -0.25) is 9.69 Å². The summed E-state index contributed by atoms with van der Waals surface area (Å²) in [5.41, 5.74) is 2.21. The van der Waals surface area contributed by atoms with Gasteiger partial charge >= 0.3 is 0 Å². The number of fused-ring (bicyclic) bond motifs is 1. The van der Waals surface area contributed by atoms with Crippen LogP contribution in [0.5, 0.6) is 11.5 Å². The smallest absolute Gasteiger partial charge is 0.224 e. The Balaban J connectivity index is 1.52. The number of nitrogens with one attached hydrogen (secondary N) is 1. The van der Waals surface area contributed by atoms with Crippen LogP contribution in [0.25, 0.3) is 0 Å². The van der Waals surface area contributed by atoms with E-state index in [0.29, 0.717) is 25.7 Å². The van der Waals surface area contributed by atoms with Crippen molar-refractivity contribution in [3.8, 4) is 11.5 Å². The molecular formula is C23H30N2O3. The lowest BCUT2D eigenvalue weighted by molar-refractivity contribution is -0.121. The molecule has 5 nitrogen and oxygen atoms in total. The number of nitrogens with zero attached hydrogens (tertiary/aromatic N) is 1. The van der Waals surface area contributed by atoms with Crippen molar-refractivity contribution in [2.24, 2.45) is 0 Å². The molecule has 2 aromatic carbocycles. The van der Waals surface area contributed by atoms with E-state index in [-0.39, 0.29) is 11.9 Å². The van der Waals surface area contributed by atoms with Crippen LogP contribution in [0, 0.1) is 0 Å². The fraction of sp³-hybridized carbons (Fsp3) is 0.435. The highest BCUT2D eigenvalue weighted by Crippen LogP contribution is 2.30. The van der Waals surface area contributed by atoms with Crippen LogP contribution < -0.4 is 14.8 Å². The van der Waals surface area contributed by atoms with Gasteiger partial charge in [-0.1, -0.05) is 36.4 Å². The number of ether oxygens (including phenoxy) is 2. The fourth-order valence-corrected chi connectivity index (χ4v) is 3.38. The zero-order valence-corrected chi connectivity index (χ0v) is 17.0. The molecule has 0 saturated heterocycles. The largest absolute Gasteiger partial charge is 0.486 e. The number of carbonyl (C=O) groups is 1. The molecule has 28 heavy (non-hydrogen) atoms. The van der Waals surface area contributed by atoms with Gasteiger partial charge in [-0.05, 0) is 44.0 Å². The Hall–Kier alpha value is -2.53. The summed E-state index contributed by atoms with van der Waals surface area (Å²) in [5.74, 6) is 1.49. The fourth-order valence-electron chi connectivity index (χ4n) is 3.38. The molecule has 1 unspecified atom stereocenters. The van der Waals surface area contributed by atoms with Crippen LogP contribution in [0.3, 0.4) is 0 Å². The minimum absolute atomic E-state index is 0.0209. The summed E-state index contributed by atoms with van der Waals surface area (Å²) in [7, 11) is 0. The molecule has 1 N–H and O–H groups in total. The van der Waals surface area contributed by atoms with E-state index in [1.807, 2.05) is 24.3 Å². The maximum absolute atomic E-state index is 12.5. The lowest BCUT2D eigenvalue weighted by atomic mass is 10.1. The van der Waals surface area contributed by atoms with Gasteiger partial charge in [-0.15, -0.1) is 0 Å². The molecule has 0 aliphatic carbocycles. The summed E-state index contributed by atoms with van der Waals surface area (Å²) in [6, 6.07) is 16.6. The average molecular weight is 383 g/mol. The normalized spacial score (nSPS) is 14.2. The molecule has 0 spiro atoms. The molecule has 5 heteroatoms. The second-order valence-corrected chi connectivity index (χ2v) is 7.63. The molecule has 1 amide bonds. The van der Waals surface area contributed by atoms with Crippen molar-refractivity contribution in [2.45, 2.75) is 45.8 Å². The van der Waals surface area contributed by atoms with Gasteiger partial charge in [0.2, 0.25) is 5.91 Å².